The number of halogens is 2. The number of anilines is 3. The van der Waals surface area contributed by atoms with Gasteiger partial charge in [-0.3, -0.25) is 4.68 Å². The fourth-order valence-corrected chi connectivity index (χ4v) is 1.56. The van der Waals surface area contributed by atoms with Crippen LogP contribution < -0.4 is 11.1 Å². The van der Waals surface area contributed by atoms with Crippen molar-refractivity contribution in [2.45, 2.75) is 0 Å². The molecule has 0 aliphatic carbocycles. The highest BCUT2D eigenvalue weighted by Gasteiger charge is 2.06. The second-order valence-electron chi connectivity index (χ2n) is 3.36. The summed E-state index contributed by atoms with van der Waals surface area (Å²) in [6.45, 7) is 0. The monoisotopic (exact) mass is 284 g/mol. The van der Waals surface area contributed by atoms with Crippen molar-refractivity contribution in [3.63, 3.8) is 0 Å². The minimum Gasteiger partial charge on any atom is -0.394 e. The first-order valence-corrected chi connectivity index (χ1v) is 5.37. The van der Waals surface area contributed by atoms with Gasteiger partial charge in [-0.25, -0.2) is 4.39 Å². The molecule has 0 fully saturated rings. The fraction of sp³-hybridized carbons (Fsp3) is 0.100. The Hall–Kier alpha value is -1.56. The average molecular weight is 285 g/mol. The molecule has 0 unspecified atom stereocenters. The van der Waals surface area contributed by atoms with Crippen LogP contribution in [0.5, 0.6) is 0 Å². The van der Waals surface area contributed by atoms with Crippen LogP contribution in [0.25, 0.3) is 0 Å². The zero-order valence-electron chi connectivity index (χ0n) is 8.54. The molecule has 0 saturated heterocycles. The number of aryl methyl sites for hydroxylation is 1. The quantitative estimate of drug-likeness (QED) is 0.891. The van der Waals surface area contributed by atoms with E-state index in [-0.39, 0.29) is 5.82 Å². The van der Waals surface area contributed by atoms with Crippen molar-refractivity contribution in [2.75, 3.05) is 11.1 Å². The van der Waals surface area contributed by atoms with E-state index in [0.29, 0.717) is 21.7 Å². The van der Waals surface area contributed by atoms with E-state index in [9.17, 15) is 4.39 Å². The molecule has 6 heteroatoms. The summed E-state index contributed by atoms with van der Waals surface area (Å²) in [5.41, 5.74) is 6.83. The number of nitrogens with two attached hydrogens (primary N) is 1. The molecule has 2 rings (SSSR count). The van der Waals surface area contributed by atoms with Crippen LogP contribution >= 0.6 is 15.9 Å². The number of aromatic nitrogens is 2. The SMILES string of the molecule is Cn1cc(N)c(Nc2ccc(Br)c(F)c2)n1. The Morgan fingerprint density at radius 1 is 1.50 bits per heavy atom. The van der Waals surface area contributed by atoms with Crippen molar-refractivity contribution in [2.24, 2.45) is 7.05 Å². The van der Waals surface area contributed by atoms with Crippen LogP contribution in [0.4, 0.5) is 21.6 Å². The Labute approximate surface area is 100 Å². The number of rotatable bonds is 2. The molecule has 84 valence electrons. The lowest BCUT2D eigenvalue weighted by molar-refractivity contribution is 0.622. The van der Waals surface area contributed by atoms with Gasteiger partial charge in [-0.1, -0.05) is 0 Å². The molecule has 0 spiro atoms. The Bertz CT molecular complexity index is 524. The van der Waals surface area contributed by atoms with Gasteiger partial charge in [-0.2, -0.15) is 5.10 Å². The normalized spacial score (nSPS) is 10.4. The lowest BCUT2D eigenvalue weighted by atomic mass is 10.3. The predicted molar refractivity (Wildman–Crippen MR) is 65.0 cm³/mol. The number of nitrogens with one attached hydrogen (secondary N) is 1. The second-order valence-corrected chi connectivity index (χ2v) is 4.21. The number of benzene rings is 1. The van der Waals surface area contributed by atoms with Crippen molar-refractivity contribution in [1.82, 2.24) is 9.78 Å². The van der Waals surface area contributed by atoms with Gasteiger partial charge in [0.2, 0.25) is 0 Å². The Kier molecular flexibility index (Phi) is 2.82. The zero-order valence-corrected chi connectivity index (χ0v) is 10.1. The van der Waals surface area contributed by atoms with Crippen molar-refractivity contribution >= 4 is 33.1 Å². The third-order valence-electron chi connectivity index (χ3n) is 2.04. The predicted octanol–water partition coefficient (Wildman–Crippen LogP) is 2.65. The smallest absolute Gasteiger partial charge is 0.175 e. The maximum atomic E-state index is 13.2. The summed E-state index contributed by atoms with van der Waals surface area (Å²) in [4.78, 5) is 0. The van der Waals surface area contributed by atoms with E-state index in [1.807, 2.05) is 0 Å². The largest absolute Gasteiger partial charge is 0.394 e. The van der Waals surface area contributed by atoms with E-state index in [1.54, 1.807) is 30.1 Å². The molecule has 1 heterocycles. The first-order chi connectivity index (χ1) is 7.56. The fourth-order valence-electron chi connectivity index (χ4n) is 1.31. The van der Waals surface area contributed by atoms with Crippen LogP contribution in [-0.4, -0.2) is 9.78 Å². The standard InChI is InChI=1S/C10H10BrFN4/c1-16-5-9(13)10(15-16)14-6-2-3-7(11)8(12)4-6/h2-5H,13H2,1H3,(H,14,15). The first kappa shape index (κ1) is 10.9. The molecule has 0 bridgehead atoms. The van der Waals surface area contributed by atoms with Crippen molar-refractivity contribution in [1.29, 1.82) is 0 Å². The van der Waals surface area contributed by atoms with E-state index < -0.39 is 0 Å². The highest BCUT2D eigenvalue weighted by Crippen LogP contribution is 2.24. The van der Waals surface area contributed by atoms with Gasteiger partial charge in [0.05, 0.1) is 10.2 Å². The molecule has 0 amide bonds. The lowest BCUT2D eigenvalue weighted by Crippen LogP contribution is -1.96. The lowest BCUT2D eigenvalue weighted by Gasteiger charge is -2.04. The summed E-state index contributed by atoms with van der Waals surface area (Å²) in [7, 11) is 1.77. The number of nitrogens with zero attached hydrogens (tertiary/aromatic N) is 2. The zero-order chi connectivity index (χ0) is 11.7. The Morgan fingerprint density at radius 3 is 2.81 bits per heavy atom. The molecule has 4 nitrogen and oxygen atoms in total. The third-order valence-corrected chi connectivity index (χ3v) is 2.68. The number of hydrogen-bond acceptors (Lipinski definition) is 3. The van der Waals surface area contributed by atoms with E-state index >= 15 is 0 Å². The maximum Gasteiger partial charge on any atom is 0.175 e. The van der Waals surface area contributed by atoms with Gasteiger partial charge in [-0.05, 0) is 34.1 Å². The summed E-state index contributed by atoms with van der Waals surface area (Å²) in [6.07, 6.45) is 1.68. The minimum absolute atomic E-state index is 0.334. The number of nitrogen functional groups attached to an aromatic ring is 1. The summed E-state index contributed by atoms with van der Waals surface area (Å²) < 4.78 is 15.3. The third kappa shape index (κ3) is 2.16. The van der Waals surface area contributed by atoms with Gasteiger partial charge in [-0.15, -0.1) is 0 Å². The van der Waals surface area contributed by atoms with Gasteiger partial charge in [0.25, 0.3) is 0 Å². The van der Waals surface area contributed by atoms with Crippen LogP contribution in [-0.2, 0) is 7.05 Å². The van der Waals surface area contributed by atoms with Gasteiger partial charge in [0.15, 0.2) is 5.82 Å². The van der Waals surface area contributed by atoms with Gasteiger partial charge in [0, 0.05) is 18.9 Å². The highest BCUT2D eigenvalue weighted by molar-refractivity contribution is 9.10. The minimum atomic E-state index is -0.334. The molecule has 3 N–H and O–H groups in total. The summed E-state index contributed by atoms with van der Waals surface area (Å²) in [5, 5.41) is 7.05. The molecule has 0 aliphatic rings. The van der Waals surface area contributed by atoms with Crippen molar-refractivity contribution in [3.8, 4) is 0 Å². The van der Waals surface area contributed by atoms with Crippen LogP contribution in [0.3, 0.4) is 0 Å². The van der Waals surface area contributed by atoms with Crippen molar-refractivity contribution in [3.05, 3.63) is 34.7 Å². The molecule has 16 heavy (non-hydrogen) atoms. The molecule has 0 radical (unpaired) electrons. The Balaban J connectivity index is 2.27. The van der Waals surface area contributed by atoms with Gasteiger partial charge in [0.1, 0.15) is 5.82 Å². The summed E-state index contributed by atoms with van der Waals surface area (Å²) in [6, 6.07) is 4.73. The molecule has 0 atom stereocenters. The van der Waals surface area contributed by atoms with Crippen LogP contribution in [0.1, 0.15) is 0 Å². The van der Waals surface area contributed by atoms with E-state index in [2.05, 4.69) is 26.3 Å². The average Bonchev–Trinajstić information content (AvgIpc) is 2.51. The molecule has 2 aromatic rings. The van der Waals surface area contributed by atoms with Crippen molar-refractivity contribution < 1.29 is 4.39 Å². The molecule has 0 aliphatic heterocycles. The van der Waals surface area contributed by atoms with E-state index in [0.717, 1.165) is 0 Å². The van der Waals surface area contributed by atoms with Crippen LogP contribution in [0.2, 0.25) is 0 Å². The van der Waals surface area contributed by atoms with Gasteiger partial charge < -0.3 is 11.1 Å². The topological polar surface area (TPSA) is 55.9 Å². The first-order valence-electron chi connectivity index (χ1n) is 4.57. The van der Waals surface area contributed by atoms with E-state index in [1.165, 1.54) is 6.07 Å². The van der Waals surface area contributed by atoms with Crippen LogP contribution in [0.15, 0.2) is 28.9 Å². The highest BCUT2D eigenvalue weighted by atomic mass is 79.9. The van der Waals surface area contributed by atoms with E-state index in [4.69, 9.17) is 5.73 Å². The summed E-state index contributed by atoms with van der Waals surface area (Å²) in [5.74, 6) is 0.184. The maximum absolute atomic E-state index is 13.2. The second kappa shape index (κ2) is 4.13. The molecular weight excluding hydrogens is 275 g/mol. The Morgan fingerprint density at radius 2 is 2.25 bits per heavy atom. The number of hydrogen-bond donors (Lipinski definition) is 2. The molecule has 1 aromatic carbocycles. The summed E-state index contributed by atoms with van der Waals surface area (Å²) >= 11 is 3.09. The molecule has 0 saturated carbocycles. The van der Waals surface area contributed by atoms with Gasteiger partial charge >= 0.3 is 0 Å². The van der Waals surface area contributed by atoms with Crippen LogP contribution in [0, 0.1) is 5.82 Å². The molecule has 1 aromatic heterocycles. The molecular formula is C10H10BrFN4.